The number of hydrogen-bond donors (Lipinski definition) is 1. The normalized spacial score (nSPS) is 15.6. The molecule has 23 heavy (non-hydrogen) atoms. The number of aromatic carboxylic acids is 1. The summed E-state index contributed by atoms with van der Waals surface area (Å²) in [4.78, 5) is 20.1. The van der Waals surface area contributed by atoms with E-state index >= 15 is 0 Å². The summed E-state index contributed by atoms with van der Waals surface area (Å²) >= 11 is 0. The van der Waals surface area contributed by atoms with E-state index in [2.05, 4.69) is 39.0 Å². The van der Waals surface area contributed by atoms with Crippen LogP contribution in [0.3, 0.4) is 0 Å². The standard InChI is InChI=1S/C18H21N3O2/c22-18(23)16-7-4-9-19-17(16)21-13-11-20(12-14-21)10-8-15-5-2-1-3-6-15/h1-7,9H,8,10-14H2,(H,22,23). The van der Waals surface area contributed by atoms with E-state index in [4.69, 9.17) is 0 Å². The van der Waals surface area contributed by atoms with Gasteiger partial charge in [0, 0.05) is 38.9 Å². The average molecular weight is 311 g/mol. The Labute approximate surface area is 136 Å². The summed E-state index contributed by atoms with van der Waals surface area (Å²) in [6, 6.07) is 13.8. The van der Waals surface area contributed by atoms with Crippen molar-refractivity contribution in [3.63, 3.8) is 0 Å². The van der Waals surface area contributed by atoms with Gasteiger partial charge in [-0.25, -0.2) is 9.78 Å². The van der Waals surface area contributed by atoms with Crippen molar-refractivity contribution in [2.45, 2.75) is 6.42 Å². The van der Waals surface area contributed by atoms with Crippen LogP contribution >= 0.6 is 0 Å². The molecule has 0 amide bonds. The van der Waals surface area contributed by atoms with Gasteiger partial charge in [-0.05, 0) is 24.1 Å². The molecule has 5 heteroatoms. The Hall–Kier alpha value is -2.40. The van der Waals surface area contributed by atoms with Crippen molar-refractivity contribution in [3.05, 3.63) is 59.8 Å². The largest absolute Gasteiger partial charge is 0.478 e. The molecule has 1 aromatic heterocycles. The first-order chi connectivity index (χ1) is 11.2. The van der Waals surface area contributed by atoms with Crippen molar-refractivity contribution in [1.29, 1.82) is 0 Å². The molecule has 0 atom stereocenters. The van der Waals surface area contributed by atoms with Crippen molar-refractivity contribution in [1.82, 2.24) is 9.88 Å². The second-order valence-electron chi connectivity index (χ2n) is 5.74. The number of anilines is 1. The van der Waals surface area contributed by atoms with Gasteiger partial charge in [-0.1, -0.05) is 30.3 Å². The van der Waals surface area contributed by atoms with Gasteiger partial charge in [-0.15, -0.1) is 0 Å². The highest BCUT2D eigenvalue weighted by Crippen LogP contribution is 2.19. The number of carbonyl (C=O) groups is 1. The zero-order valence-corrected chi connectivity index (χ0v) is 13.1. The zero-order chi connectivity index (χ0) is 16.1. The summed E-state index contributed by atoms with van der Waals surface area (Å²) in [7, 11) is 0. The molecule has 0 spiro atoms. The van der Waals surface area contributed by atoms with Crippen LogP contribution in [0.5, 0.6) is 0 Å². The van der Waals surface area contributed by atoms with E-state index < -0.39 is 5.97 Å². The Morgan fingerprint density at radius 2 is 1.78 bits per heavy atom. The number of piperazine rings is 1. The third-order valence-corrected chi connectivity index (χ3v) is 4.25. The molecule has 1 N–H and O–H groups in total. The third-order valence-electron chi connectivity index (χ3n) is 4.25. The lowest BCUT2D eigenvalue weighted by atomic mass is 10.1. The second-order valence-corrected chi connectivity index (χ2v) is 5.74. The molecule has 1 saturated heterocycles. The summed E-state index contributed by atoms with van der Waals surface area (Å²) in [5, 5.41) is 9.28. The Morgan fingerprint density at radius 1 is 1.04 bits per heavy atom. The summed E-state index contributed by atoms with van der Waals surface area (Å²) in [6.07, 6.45) is 2.70. The molecule has 5 nitrogen and oxygen atoms in total. The van der Waals surface area contributed by atoms with E-state index in [1.54, 1.807) is 18.3 Å². The maximum absolute atomic E-state index is 11.3. The molecule has 120 valence electrons. The molecule has 1 aliphatic rings. The van der Waals surface area contributed by atoms with Crippen molar-refractivity contribution < 1.29 is 9.90 Å². The lowest BCUT2D eigenvalue weighted by Crippen LogP contribution is -2.47. The van der Waals surface area contributed by atoms with Crippen LogP contribution in [0.25, 0.3) is 0 Å². The van der Waals surface area contributed by atoms with E-state index in [1.807, 2.05) is 6.07 Å². The van der Waals surface area contributed by atoms with E-state index in [-0.39, 0.29) is 5.56 Å². The maximum atomic E-state index is 11.3. The number of hydrogen-bond acceptors (Lipinski definition) is 4. The van der Waals surface area contributed by atoms with Gasteiger partial charge in [-0.2, -0.15) is 0 Å². The van der Waals surface area contributed by atoms with E-state index in [9.17, 15) is 9.90 Å². The minimum atomic E-state index is -0.917. The van der Waals surface area contributed by atoms with Crippen LogP contribution in [0, 0.1) is 0 Å². The molecule has 1 fully saturated rings. The van der Waals surface area contributed by atoms with Gasteiger partial charge in [0.25, 0.3) is 0 Å². The fourth-order valence-electron chi connectivity index (χ4n) is 2.93. The van der Waals surface area contributed by atoms with Gasteiger partial charge >= 0.3 is 5.97 Å². The van der Waals surface area contributed by atoms with Crippen molar-refractivity contribution in [2.75, 3.05) is 37.6 Å². The predicted molar refractivity (Wildman–Crippen MR) is 90.0 cm³/mol. The van der Waals surface area contributed by atoms with E-state index in [1.165, 1.54) is 5.56 Å². The van der Waals surface area contributed by atoms with Crippen LogP contribution in [0.15, 0.2) is 48.7 Å². The minimum absolute atomic E-state index is 0.283. The fourth-order valence-corrected chi connectivity index (χ4v) is 2.93. The highest BCUT2D eigenvalue weighted by molar-refractivity contribution is 5.93. The molecule has 3 rings (SSSR count). The number of aromatic nitrogens is 1. The fraction of sp³-hybridized carbons (Fsp3) is 0.333. The Bertz CT molecular complexity index is 652. The molecular weight excluding hydrogens is 290 g/mol. The van der Waals surface area contributed by atoms with Crippen molar-refractivity contribution in [3.8, 4) is 0 Å². The van der Waals surface area contributed by atoms with E-state index in [0.717, 1.165) is 39.1 Å². The topological polar surface area (TPSA) is 56.7 Å². The van der Waals surface area contributed by atoms with Crippen LogP contribution in [0.2, 0.25) is 0 Å². The number of benzene rings is 1. The second kappa shape index (κ2) is 7.24. The minimum Gasteiger partial charge on any atom is -0.478 e. The van der Waals surface area contributed by atoms with Gasteiger partial charge in [0.1, 0.15) is 11.4 Å². The molecular formula is C18H21N3O2. The Balaban J connectivity index is 1.55. The first kappa shape index (κ1) is 15.5. The smallest absolute Gasteiger partial charge is 0.339 e. The molecule has 1 aromatic carbocycles. The van der Waals surface area contributed by atoms with Crippen molar-refractivity contribution >= 4 is 11.8 Å². The number of carboxylic acids is 1. The number of carboxylic acid groups (broad SMARTS) is 1. The van der Waals surface area contributed by atoms with Crippen LogP contribution in [0.1, 0.15) is 15.9 Å². The number of pyridine rings is 1. The first-order valence-electron chi connectivity index (χ1n) is 7.93. The molecule has 0 saturated carbocycles. The summed E-state index contributed by atoms with van der Waals surface area (Å²) in [5.41, 5.74) is 1.64. The monoisotopic (exact) mass is 311 g/mol. The van der Waals surface area contributed by atoms with Gasteiger partial charge in [0.05, 0.1) is 0 Å². The highest BCUT2D eigenvalue weighted by Gasteiger charge is 2.22. The SMILES string of the molecule is O=C(O)c1cccnc1N1CCN(CCc2ccccc2)CC1. The van der Waals surface area contributed by atoms with Crippen molar-refractivity contribution in [2.24, 2.45) is 0 Å². The first-order valence-corrected chi connectivity index (χ1v) is 7.93. The van der Waals surface area contributed by atoms with Crippen LogP contribution < -0.4 is 4.90 Å². The average Bonchev–Trinajstić information content (AvgIpc) is 2.61. The third kappa shape index (κ3) is 3.87. The number of rotatable bonds is 5. The van der Waals surface area contributed by atoms with Crippen LogP contribution in [-0.2, 0) is 6.42 Å². The van der Waals surface area contributed by atoms with Crippen LogP contribution in [0.4, 0.5) is 5.82 Å². The Kier molecular flexibility index (Phi) is 4.88. The van der Waals surface area contributed by atoms with Gasteiger partial charge < -0.3 is 10.0 Å². The maximum Gasteiger partial charge on any atom is 0.339 e. The molecule has 0 unspecified atom stereocenters. The molecule has 0 aliphatic carbocycles. The van der Waals surface area contributed by atoms with E-state index in [0.29, 0.717) is 5.82 Å². The lowest BCUT2D eigenvalue weighted by molar-refractivity contribution is 0.0697. The van der Waals surface area contributed by atoms with Gasteiger partial charge in [0.2, 0.25) is 0 Å². The van der Waals surface area contributed by atoms with Gasteiger partial charge in [-0.3, -0.25) is 4.90 Å². The molecule has 2 aromatic rings. The molecule has 0 bridgehead atoms. The Morgan fingerprint density at radius 3 is 2.48 bits per heavy atom. The predicted octanol–water partition coefficient (Wildman–Crippen LogP) is 2.14. The zero-order valence-electron chi connectivity index (χ0n) is 13.1. The quantitative estimate of drug-likeness (QED) is 0.917. The van der Waals surface area contributed by atoms with Gasteiger partial charge in [0.15, 0.2) is 0 Å². The lowest BCUT2D eigenvalue weighted by Gasteiger charge is -2.35. The van der Waals surface area contributed by atoms with Crippen LogP contribution in [-0.4, -0.2) is 53.7 Å². The summed E-state index contributed by atoms with van der Waals surface area (Å²) in [6.45, 7) is 4.52. The molecule has 2 heterocycles. The number of nitrogens with zero attached hydrogens (tertiary/aromatic N) is 3. The summed E-state index contributed by atoms with van der Waals surface area (Å²) < 4.78 is 0. The summed E-state index contributed by atoms with van der Waals surface area (Å²) in [5.74, 6) is -0.331. The molecule has 0 radical (unpaired) electrons. The molecule has 1 aliphatic heterocycles. The highest BCUT2D eigenvalue weighted by atomic mass is 16.4.